The number of nitrogens with one attached hydrogen (secondary N) is 1. The van der Waals surface area contributed by atoms with Crippen molar-refractivity contribution in [3.8, 4) is 5.75 Å². The van der Waals surface area contributed by atoms with Crippen molar-refractivity contribution in [2.24, 2.45) is 0 Å². The van der Waals surface area contributed by atoms with E-state index in [1.165, 1.54) is 0 Å². The van der Waals surface area contributed by atoms with Crippen LogP contribution in [0.2, 0.25) is 0 Å². The predicted molar refractivity (Wildman–Crippen MR) is 49.4 cm³/mol. The van der Waals surface area contributed by atoms with Gasteiger partial charge in [-0.05, 0) is 18.4 Å². The van der Waals surface area contributed by atoms with Crippen molar-refractivity contribution in [1.29, 1.82) is 0 Å². The fraction of sp³-hybridized carbons (Fsp3) is 0.250. The minimum Gasteiger partial charge on any atom is -0.506 e. The van der Waals surface area contributed by atoms with Crippen molar-refractivity contribution >= 4 is 17.4 Å². The molecule has 0 bridgehead atoms. The molecule has 0 aliphatic heterocycles. The minimum atomic E-state index is 0.305. The normalized spacial score (nSPS) is 9.64. The lowest BCUT2D eigenvalue weighted by Gasteiger charge is -2.07. The number of benzene rings is 1. The summed E-state index contributed by atoms with van der Waals surface area (Å²) >= 11 is 1.61. The summed E-state index contributed by atoms with van der Waals surface area (Å²) in [6.07, 6.45) is 1.98. The lowest BCUT2D eigenvalue weighted by Crippen LogP contribution is -1.90. The van der Waals surface area contributed by atoms with Crippen molar-refractivity contribution in [2.75, 3.05) is 18.6 Å². The van der Waals surface area contributed by atoms with Crippen LogP contribution in [0.3, 0.4) is 0 Å². The van der Waals surface area contributed by atoms with Crippen LogP contribution < -0.4 is 5.32 Å². The highest BCUT2D eigenvalue weighted by molar-refractivity contribution is 7.98. The van der Waals surface area contributed by atoms with Gasteiger partial charge in [0.25, 0.3) is 0 Å². The first-order chi connectivity index (χ1) is 5.29. The first-order valence-corrected chi connectivity index (χ1v) is 4.55. The SMILES string of the molecule is CNc1c(O)cccc1SC. The largest absolute Gasteiger partial charge is 0.506 e. The maximum Gasteiger partial charge on any atom is 0.139 e. The first kappa shape index (κ1) is 8.27. The van der Waals surface area contributed by atoms with E-state index in [0.29, 0.717) is 5.75 Å². The first-order valence-electron chi connectivity index (χ1n) is 3.33. The van der Waals surface area contributed by atoms with Gasteiger partial charge in [0.1, 0.15) is 5.75 Å². The molecule has 1 aromatic carbocycles. The zero-order valence-corrected chi connectivity index (χ0v) is 7.40. The van der Waals surface area contributed by atoms with Crippen LogP contribution >= 0.6 is 11.8 Å². The second kappa shape index (κ2) is 3.53. The summed E-state index contributed by atoms with van der Waals surface area (Å²) in [6, 6.07) is 5.48. The third kappa shape index (κ3) is 1.60. The summed E-state index contributed by atoms with van der Waals surface area (Å²) in [5.41, 5.74) is 0.806. The van der Waals surface area contributed by atoms with Crippen LogP contribution in [0.25, 0.3) is 0 Å². The van der Waals surface area contributed by atoms with E-state index < -0.39 is 0 Å². The highest BCUT2D eigenvalue weighted by atomic mass is 32.2. The van der Waals surface area contributed by atoms with Gasteiger partial charge in [0.2, 0.25) is 0 Å². The Labute approximate surface area is 70.6 Å². The molecular weight excluding hydrogens is 158 g/mol. The molecule has 0 amide bonds. The Balaban J connectivity index is 3.13. The second-order valence-electron chi connectivity index (χ2n) is 2.10. The van der Waals surface area contributed by atoms with Crippen LogP contribution in [0.1, 0.15) is 0 Å². The molecule has 11 heavy (non-hydrogen) atoms. The van der Waals surface area contributed by atoms with E-state index in [9.17, 15) is 5.11 Å². The van der Waals surface area contributed by atoms with Gasteiger partial charge in [0.15, 0.2) is 0 Å². The molecule has 2 nitrogen and oxygen atoms in total. The van der Waals surface area contributed by atoms with Crippen LogP contribution in [0.15, 0.2) is 23.1 Å². The van der Waals surface area contributed by atoms with Crippen LogP contribution in [-0.2, 0) is 0 Å². The molecule has 0 aliphatic carbocycles. The molecule has 0 aliphatic rings. The summed E-state index contributed by atoms with van der Waals surface area (Å²) in [6.45, 7) is 0. The summed E-state index contributed by atoms with van der Waals surface area (Å²) in [7, 11) is 1.80. The van der Waals surface area contributed by atoms with E-state index >= 15 is 0 Å². The van der Waals surface area contributed by atoms with E-state index in [1.807, 2.05) is 18.4 Å². The number of phenolic OH excluding ortho intramolecular Hbond substituents is 1. The number of thioether (sulfide) groups is 1. The van der Waals surface area contributed by atoms with Gasteiger partial charge < -0.3 is 10.4 Å². The van der Waals surface area contributed by atoms with Crippen LogP contribution in [0.4, 0.5) is 5.69 Å². The maximum atomic E-state index is 9.35. The number of hydrogen-bond donors (Lipinski definition) is 2. The third-order valence-electron chi connectivity index (χ3n) is 1.47. The summed E-state index contributed by atoms with van der Waals surface area (Å²) in [5, 5.41) is 12.3. The molecule has 0 aromatic heterocycles. The molecule has 0 saturated carbocycles. The predicted octanol–water partition coefficient (Wildman–Crippen LogP) is 2.16. The highest BCUT2D eigenvalue weighted by Gasteiger charge is 2.02. The smallest absolute Gasteiger partial charge is 0.139 e. The Bertz CT molecular complexity index is 250. The molecule has 0 fully saturated rings. The van der Waals surface area contributed by atoms with Gasteiger partial charge in [-0.25, -0.2) is 0 Å². The van der Waals surface area contributed by atoms with E-state index in [2.05, 4.69) is 5.32 Å². The van der Waals surface area contributed by atoms with Gasteiger partial charge in [0.05, 0.1) is 5.69 Å². The van der Waals surface area contributed by atoms with E-state index in [0.717, 1.165) is 10.6 Å². The van der Waals surface area contributed by atoms with Crippen molar-refractivity contribution in [1.82, 2.24) is 0 Å². The third-order valence-corrected chi connectivity index (χ3v) is 2.25. The fourth-order valence-electron chi connectivity index (χ4n) is 0.941. The molecule has 0 radical (unpaired) electrons. The monoisotopic (exact) mass is 169 g/mol. The molecule has 0 saturated heterocycles. The van der Waals surface area contributed by atoms with Crippen molar-refractivity contribution < 1.29 is 5.11 Å². The molecule has 1 rings (SSSR count). The van der Waals surface area contributed by atoms with E-state index in [4.69, 9.17) is 0 Å². The summed E-state index contributed by atoms with van der Waals surface area (Å²) < 4.78 is 0. The second-order valence-corrected chi connectivity index (χ2v) is 2.95. The number of phenols is 1. The molecule has 1 aromatic rings. The molecular formula is C8H11NOS. The molecule has 0 unspecified atom stereocenters. The average molecular weight is 169 g/mol. The summed E-state index contributed by atoms with van der Waals surface area (Å²) in [4.78, 5) is 1.06. The number of anilines is 1. The molecule has 60 valence electrons. The van der Waals surface area contributed by atoms with E-state index in [1.54, 1.807) is 24.9 Å². The Kier molecular flexibility index (Phi) is 2.65. The van der Waals surface area contributed by atoms with Gasteiger partial charge >= 0.3 is 0 Å². The minimum absolute atomic E-state index is 0.305. The number of rotatable bonds is 2. The molecule has 0 heterocycles. The Hall–Kier alpha value is -0.830. The van der Waals surface area contributed by atoms with Crippen LogP contribution in [-0.4, -0.2) is 18.4 Å². The number of aromatic hydroxyl groups is 1. The molecule has 0 spiro atoms. The Morgan fingerprint density at radius 2 is 2.18 bits per heavy atom. The quantitative estimate of drug-likeness (QED) is 0.525. The zero-order chi connectivity index (χ0) is 8.27. The number of para-hydroxylation sites is 1. The van der Waals surface area contributed by atoms with Crippen LogP contribution in [0, 0.1) is 0 Å². The van der Waals surface area contributed by atoms with Crippen molar-refractivity contribution in [3.05, 3.63) is 18.2 Å². The van der Waals surface area contributed by atoms with Crippen molar-refractivity contribution in [2.45, 2.75) is 4.90 Å². The van der Waals surface area contributed by atoms with Gasteiger partial charge in [0, 0.05) is 11.9 Å². The van der Waals surface area contributed by atoms with Gasteiger partial charge in [-0.1, -0.05) is 6.07 Å². The van der Waals surface area contributed by atoms with E-state index in [-0.39, 0.29) is 0 Å². The van der Waals surface area contributed by atoms with Gasteiger partial charge in [-0.15, -0.1) is 11.8 Å². The zero-order valence-electron chi connectivity index (χ0n) is 6.59. The molecule has 2 N–H and O–H groups in total. The highest BCUT2D eigenvalue weighted by Crippen LogP contribution is 2.32. The topological polar surface area (TPSA) is 32.3 Å². The van der Waals surface area contributed by atoms with Gasteiger partial charge in [-0.3, -0.25) is 0 Å². The summed E-state index contributed by atoms with van der Waals surface area (Å²) in [5.74, 6) is 0.305. The fourth-order valence-corrected chi connectivity index (χ4v) is 1.57. The average Bonchev–Trinajstić information content (AvgIpc) is 2.04. The Morgan fingerprint density at radius 3 is 2.64 bits per heavy atom. The van der Waals surface area contributed by atoms with Crippen molar-refractivity contribution in [3.63, 3.8) is 0 Å². The lowest BCUT2D eigenvalue weighted by atomic mass is 10.3. The van der Waals surface area contributed by atoms with Crippen LogP contribution in [0.5, 0.6) is 5.75 Å². The van der Waals surface area contributed by atoms with Gasteiger partial charge in [-0.2, -0.15) is 0 Å². The molecule has 3 heteroatoms. The standard InChI is InChI=1S/C8H11NOS/c1-9-8-6(10)4-3-5-7(8)11-2/h3-5,9-10H,1-2H3. The molecule has 0 atom stereocenters. The maximum absolute atomic E-state index is 9.35. The lowest BCUT2D eigenvalue weighted by molar-refractivity contribution is 0.476. The number of hydrogen-bond acceptors (Lipinski definition) is 3. The Morgan fingerprint density at radius 1 is 1.45 bits per heavy atom.